The van der Waals surface area contributed by atoms with Gasteiger partial charge in [-0.05, 0) is 17.7 Å². The second-order valence-electron chi connectivity index (χ2n) is 5.58. The summed E-state index contributed by atoms with van der Waals surface area (Å²) < 4.78 is 1.89. The molecule has 3 aromatic heterocycles. The number of benzene rings is 1. The average molecular weight is 333 g/mol. The van der Waals surface area contributed by atoms with Crippen molar-refractivity contribution in [3.63, 3.8) is 0 Å². The Morgan fingerprint density at radius 2 is 1.80 bits per heavy atom. The van der Waals surface area contributed by atoms with Gasteiger partial charge in [-0.1, -0.05) is 36.4 Å². The van der Waals surface area contributed by atoms with E-state index in [-0.39, 0.29) is 0 Å². The molecule has 0 aliphatic rings. The van der Waals surface area contributed by atoms with E-state index >= 15 is 0 Å². The SMILES string of the molecule is O=c1cc(-c2nc3ccccn3c2NCc2ccccc2)[nH]c(=O)[nH]1. The summed E-state index contributed by atoms with van der Waals surface area (Å²) in [5.41, 5.74) is 1.68. The van der Waals surface area contributed by atoms with Crippen LogP contribution in [0.2, 0.25) is 0 Å². The highest BCUT2D eigenvalue weighted by molar-refractivity contribution is 5.74. The maximum absolute atomic E-state index is 11.7. The molecule has 124 valence electrons. The van der Waals surface area contributed by atoms with Gasteiger partial charge in [-0.3, -0.25) is 14.2 Å². The van der Waals surface area contributed by atoms with Gasteiger partial charge in [0.15, 0.2) is 0 Å². The first-order valence-electron chi connectivity index (χ1n) is 7.79. The minimum atomic E-state index is -0.562. The van der Waals surface area contributed by atoms with E-state index < -0.39 is 11.2 Å². The maximum atomic E-state index is 11.7. The standard InChI is InChI=1S/C18H15N5O2/c24-15-10-13(20-18(25)22-15)16-17(19-11-12-6-2-1-3-7-12)23-9-5-4-8-14(23)21-16/h1-10,19H,11H2,(H2,20,22,24,25). The number of aromatic amines is 2. The number of H-pyrrole nitrogens is 2. The minimum Gasteiger partial charge on any atom is -0.365 e. The Balaban J connectivity index is 1.83. The fraction of sp³-hybridized carbons (Fsp3) is 0.0556. The molecular weight excluding hydrogens is 318 g/mol. The Kier molecular flexibility index (Phi) is 3.66. The number of pyridine rings is 1. The average Bonchev–Trinajstić information content (AvgIpc) is 2.99. The van der Waals surface area contributed by atoms with Crippen LogP contribution in [0.5, 0.6) is 0 Å². The van der Waals surface area contributed by atoms with E-state index in [4.69, 9.17) is 0 Å². The third-order valence-electron chi connectivity index (χ3n) is 3.85. The van der Waals surface area contributed by atoms with Crippen molar-refractivity contribution in [2.24, 2.45) is 0 Å². The van der Waals surface area contributed by atoms with E-state index in [1.807, 2.05) is 59.1 Å². The van der Waals surface area contributed by atoms with E-state index in [9.17, 15) is 9.59 Å². The Labute approximate surface area is 142 Å². The molecule has 0 aliphatic heterocycles. The third-order valence-corrected chi connectivity index (χ3v) is 3.85. The van der Waals surface area contributed by atoms with Gasteiger partial charge in [0.1, 0.15) is 17.2 Å². The maximum Gasteiger partial charge on any atom is 0.326 e. The lowest BCUT2D eigenvalue weighted by atomic mass is 10.2. The highest BCUT2D eigenvalue weighted by atomic mass is 16.2. The summed E-state index contributed by atoms with van der Waals surface area (Å²) in [6.45, 7) is 0.587. The van der Waals surface area contributed by atoms with Crippen molar-refractivity contribution in [1.29, 1.82) is 0 Å². The van der Waals surface area contributed by atoms with Crippen LogP contribution >= 0.6 is 0 Å². The molecule has 0 atom stereocenters. The van der Waals surface area contributed by atoms with Crippen LogP contribution in [0.25, 0.3) is 17.0 Å². The van der Waals surface area contributed by atoms with Crippen LogP contribution in [0.3, 0.4) is 0 Å². The molecule has 0 aliphatic carbocycles. The first-order chi connectivity index (χ1) is 12.2. The molecule has 4 rings (SSSR count). The van der Waals surface area contributed by atoms with Gasteiger partial charge in [0.05, 0.1) is 5.69 Å². The molecule has 7 heteroatoms. The first-order valence-corrected chi connectivity index (χ1v) is 7.79. The molecule has 0 fully saturated rings. The van der Waals surface area contributed by atoms with E-state index in [1.165, 1.54) is 6.07 Å². The summed E-state index contributed by atoms with van der Waals surface area (Å²) in [6, 6.07) is 16.9. The fourth-order valence-electron chi connectivity index (χ4n) is 2.73. The van der Waals surface area contributed by atoms with Crippen LogP contribution in [0.1, 0.15) is 5.56 Å². The number of nitrogens with one attached hydrogen (secondary N) is 3. The summed E-state index contributed by atoms with van der Waals surface area (Å²) in [4.78, 5) is 32.6. The second kappa shape index (κ2) is 6.12. The lowest BCUT2D eigenvalue weighted by Gasteiger charge is -2.08. The molecule has 0 saturated carbocycles. The summed E-state index contributed by atoms with van der Waals surface area (Å²) in [5, 5.41) is 3.36. The molecule has 0 unspecified atom stereocenters. The number of imidazole rings is 1. The quantitative estimate of drug-likeness (QED) is 0.532. The van der Waals surface area contributed by atoms with Crippen molar-refractivity contribution in [1.82, 2.24) is 19.4 Å². The lowest BCUT2D eigenvalue weighted by molar-refractivity contribution is 1.03. The zero-order valence-electron chi connectivity index (χ0n) is 13.2. The number of hydrogen-bond acceptors (Lipinski definition) is 4. The van der Waals surface area contributed by atoms with E-state index in [0.29, 0.717) is 29.4 Å². The first kappa shape index (κ1) is 14.9. The van der Waals surface area contributed by atoms with E-state index in [2.05, 4.69) is 20.3 Å². The molecule has 4 aromatic rings. The molecule has 0 amide bonds. The molecular formula is C18H15N5O2. The molecule has 0 saturated heterocycles. The van der Waals surface area contributed by atoms with Crippen LogP contribution in [0, 0.1) is 0 Å². The summed E-state index contributed by atoms with van der Waals surface area (Å²) in [5.74, 6) is 0.709. The van der Waals surface area contributed by atoms with Crippen molar-refractivity contribution in [3.05, 3.63) is 87.2 Å². The number of aromatic nitrogens is 4. The van der Waals surface area contributed by atoms with Crippen LogP contribution in [0.15, 0.2) is 70.4 Å². The number of hydrogen-bond donors (Lipinski definition) is 3. The highest BCUT2D eigenvalue weighted by Crippen LogP contribution is 2.26. The summed E-state index contributed by atoms with van der Waals surface area (Å²) in [6.07, 6.45) is 1.88. The minimum absolute atomic E-state index is 0.369. The predicted octanol–water partition coefficient (Wildman–Crippen LogP) is 1.99. The zero-order chi connectivity index (χ0) is 17.2. The van der Waals surface area contributed by atoms with Gasteiger partial charge in [-0.25, -0.2) is 9.78 Å². The van der Waals surface area contributed by atoms with Gasteiger partial charge in [-0.15, -0.1) is 0 Å². The normalized spacial score (nSPS) is 10.9. The van der Waals surface area contributed by atoms with Crippen molar-refractivity contribution in [2.75, 3.05) is 5.32 Å². The van der Waals surface area contributed by atoms with Gasteiger partial charge >= 0.3 is 5.69 Å². The van der Waals surface area contributed by atoms with Gasteiger partial charge < -0.3 is 10.3 Å². The van der Waals surface area contributed by atoms with E-state index in [0.717, 1.165) is 5.56 Å². The smallest absolute Gasteiger partial charge is 0.326 e. The van der Waals surface area contributed by atoms with Crippen molar-refractivity contribution in [3.8, 4) is 11.4 Å². The Morgan fingerprint density at radius 1 is 1.00 bits per heavy atom. The summed E-state index contributed by atoms with van der Waals surface area (Å²) in [7, 11) is 0. The predicted molar refractivity (Wildman–Crippen MR) is 95.6 cm³/mol. The highest BCUT2D eigenvalue weighted by Gasteiger charge is 2.15. The van der Waals surface area contributed by atoms with Crippen LogP contribution < -0.4 is 16.6 Å². The van der Waals surface area contributed by atoms with Crippen molar-refractivity contribution >= 4 is 11.5 Å². The number of rotatable bonds is 4. The third kappa shape index (κ3) is 2.94. The topological polar surface area (TPSA) is 95.1 Å². The molecule has 3 N–H and O–H groups in total. The monoisotopic (exact) mass is 333 g/mol. The Bertz CT molecular complexity index is 1110. The van der Waals surface area contributed by atoms with Crippen LogP contribution in [-0.4, -0.2) is 19.4 Å². The fourth-order valence-corrected chi connectivity index (χ4v) is 2.73. The lowest BCUT2D eigenvalue weighted by Crippen LogP contribution is -2.21. The second-order valence-corrected chi connectivity index (χ2v) is 5.58. The molecule has 0 spiro atoms. The zero-order valence-corrected chi connectivity index (χ0v) is 13.2. The van der Waals surface area contributed by atoms with Gasteiger partial charge in [0.2, 0.25) is 0 Å². The molecule has 1 aromatic carbocycles. The van der Waals surface area contributed by atoms with Crippen LogP contribution in [-0.2, 0) is 6.54 Å². The number of nitrogens with zero attached hydrogens (tertiary/aromatic N) is 2. The van der Waals surface area contributed by atoms with Gasteiger partial charge in [-0.2, -0.15) is 0 Å². The van der Waals surface area contributed by atoms with Gasteiger partial charge in [0.25, 0.3) is 5.56 Å². The van der Waals surface area contributed by atoms with Crippen molar-refractivity contribution < 1.29 is 0 Å². The molecule has 7 nitrogen and oxygen atoms in total. The molecule has 25 heavy (non-hydrogen) atoms. The van der Waals surface area contributed by atoms with Crippen molar-refractivity contribution in [2.45, 2.75) is 6.54 Å². The van der Waals surface area contributed by atoms with Gasteiger partial charge in [0, 0.05) is 18.8 Å². The molecule has 0 radical (unpaired) electrons. The van der Waals surface area contributed by atoms with Crippen LogP contribution in [0.4, 0.5) is 5.82 Å². The summed E-state index contributed by atoms with van der Waals surface area (Å²) >= 11 is 0. The Hall–Kier alpha value is -3.61. The number of fused-ring (bicyclic) bond motifs is 1. The molecule has 0 bridgehead atoms. The molecule has 3 heterocycles. The largest absolute Gasteiger partial charge is 0.365 e. The Morgan fingerprint density at radius 3 is 2.60 bits per heavy atom. The number of anilines is 1. The van der Waals surface area contributed by atoms with E-state index in [1.54, 1.807) is 0 Å².